The van der Waals surface area contributed by atoms with Gasteiger partial charge in [0.2, 0.25) is 11.8 Å². The first-order valence-corrected chi connectivity index (χ1v) is 7.51. The van der Waals surface area contributed by atoms with Crippen molar-refractivity contribution < 1.29 is 9.59 Å². The third-order valence-corrected chi connectivity index (χ3v) is 4.65. The van der Waals surface area contributed by atoms with E-state index in [1.165, 1.54) is 11.8 Å². The van der Waals surface area contributed by atoms with Crippen LogP contribution in [0.4, 0.5) is 5.69 Å². The summed E-state index contributed by atoms with van der Waals surface area (Å²) < 4.78 is 0. The SMILES string of the molecule is O=C(C[C@H]1SCCNC1=O)Nc1cccc(Cl)c1Cl. The minimum Gasteiger partial charge on any atom is -0.354 e. The van der Waals surface area contributed by atoms with Crippen LogP contribution in [0.15, 0.2) is 18.2 Å². The molecule has 1 aliphatic heterocycles. The summed E-state index contributed by atoms with van der Waals surface area (Å²) >= 11 is 13.3. The van der Waals surface area contributed by atoms with Crippen LogP contribution >= 0.6 is 35.0 Å². The van der Waals surface area contributed by atoms with Gasteiger partial charge in [0.1, 0.15) is 0 Å². The van der Waals surface area contributed by atoms with Gasteiger partial charge in [0.15, 0.2) is 0 Å². The van der Waals surface area contributed by atoms with Crippen molar-refractivity contribution in [3.63, 3.8) is 0 Å². The molecule has 1 aromatic rings. The molecule has 0 spiro atoms. The van der Waals surface area contributed by atoms with Crippen LogP contribution < -0.4 is 10.6 Å². The summed E-state index contributed by atoms with van der Waals surface area (Å²) in [5.41, 5.74) is 0.459. The number of thioether (sulfide) groups is 1. The number of carbonyl (C=O) groups excluding carboxylic acids is 2. The fourth-order valence-electron chi connectivity index (χ4n) is 1.69. The summed E-state index contributed by atoms with van der Waals surface area (Å²) in [7, 11) is 0. The number of hydrogen-bond donors (Lipinski definition) is 2. The second-order valence-corrected chi connectivity index (χ2v) is 6.10. The molecule has 0 aromatic heterocycles. The van der Waals surface area contributed by atoms with Gasteiger partial charge in [0.25, 0.3) is 0 Å². The summed E-state index contributed by atoms with van der Waals surface area (Å²) in [6.45, 7) is 0.655. The smallest absolute Gasteiger partial charge is 0.233 e. The molecule has 1 saturated heterocycles. The zero-order valence-electron chi connectivity index (χ0n) is 9.91. The molecule has 0 bridgehead atoms. The number of hydrogen-bond acceptors (Lipinski definition) is 3. The second kappa shape index (κ2) is 6.50. The number of anilines is 1. The number of amides is 2. The quantitative estimate of drug-likeness (QED) is 0.900. The second-order valence-electron chi connectivity index (χ2n) is 4.00. The van der Waals surface area contributed by atoms with Crippen LogP contribution in [0.5, 0.6) is 0 Å². The lowest BCUT2D eigenvalue weighted by molar-refractivity contribution is -0.123. The largest absolute Gasteiger partial charge is 0.354 e. The zero-order valence-corrected chi connectivity index (χ0v) is 12.2. The van der Waals surface area contributed by atoms with Crippen molar-refractivity contribution in [2.75, 3.05) is 17.6 Å². The van der Waals surface area contributed by atoms with E-state index in [2.05, 4.69) is 10.6 Å². The first-order valence-electron chi connectivity index (χ1n) is 5.71. The molecule has 7 heteroatoms. The van der Waals surface area contributed by atoms with E-state index in [-0.39, 0.29) is 23.5 Å². The molecule has 1 aliphatic rings. The zero-order chi connectivity index (χ0) is 13.8. The Morgan fingerprint density at radius 3 is 3.00 bits per heavy atom. The number of nitrogens with one attached hydrogen (secondary N) is 2. The van der Waals surface area contributed by atoms with Gasteiger partial charge in [0.05, 0.1) is 21.0 Å². The molecule has 1 fully saturated rings. The number of benzene rings is 1. The molecule has 4 nitrogen and oxygen atoms in total. The highest BCUT2D eigenvalue weighted by molar-refractivity contribution is 8.00. The number of halogens is 2. The van der Waals surface area contributed by atoms with E-state index in [0.29, 0.717) is 22.3 Å². The van der Waals surface area contributed by atoms with Crippen LogP contribution in [0.25, 0.3) is 0 Å². The van der Waals surface area contributed by atoms with Crippen LogP contribution in [-0.2, 0) is 9.59 Å². The van der Waals surface area contributed by atoms with Crippen molar-refractivity contribution in [3.8, 4) is 0 Å². The molecule has 2 rings (SSSR count). The van der Waals surface area contributed by atoms with E-state index in [1.807, 2.05) is 0 Å². The van der Waals surface area contributed by atoms with E-state index in [9.17, 15) is 9.59 Å². The maximum Gasteiger partial charge on any atom is 0.233 e. The maximum atomic E-state index is 11.9. The van der Waals surface area contributed by atoms with Gasteiger partial charge < -0.3 is 10.6 Å². The molecule has 0 saturated carbocycles. The maximum absolute atomic E-state index is 11.9. The predicted octanol–water partition coefficient (Wildman–Crippen LogP) is 2.55. The van der Waals surface area contributed by atoms with Crippen molar-refractivity contribution in [3.05, 3.63) is 28.2 Å². The Kier molecular flexibility index (Phi) is 4.96. The first-order chi connectivity index (χ1) is 9.08. The number of rotatable bonds is 3. The van der Waals surface area contributed by atoms with Crippen LogP contribution in [0.1, 0.15) is 6.42 Å². The molecule has 0 radical (unpaired) electrons. The van der Waals surface area contributed by atoms with Crippen LogP contribution in [0.3, 0.4) is 0 Å². The molecule has 2 N–H and O–H groups in total. The lowest BCUT2D eigenvalue weighted by Crippen LogP contribution is -2.40. The summed E-state index contributed by atoms with van der Waals surface area (Å²) in [6, 6.07) is 5.01. The van der Waals surface area contributed by atoms with Crippen LogP contribution in [0, 0.1) is 0 Å². The molecular weight excluding hydrogens is 307 g/mol. The molecule has 2 amide bonds. The minimum absolute atomic E-state index is 0.0939. The Morgan fingerprint density at radius 1 is 1.47 bits per heavy atom. The lowest BCUT2D eigenvalue weighted by atomic mass is 10.2. The van der Waals surface area contributed by atoms with Crippen LogP contribution in [-0.4, -0.2) is 29.4 Å². The van der Waals surface area contributed by atoms with Gasteiger partial charge in [-0.3, -0.25) is 9.59 Å². The van der Waals surface area contributed by atoms with Crippen molar-refractivity contribution in [1.82, 2.24) is 5.32 Å². The Morgan fingerprint density at radius 2 is 2.26 bits per heavy atom. The average molecular weight is 319 g/mol. The molecule has 1 aromatic carbocycles. The Labute approximate surface area is 125 Å². The lowest BCUT2D eigenvalue weighted by Gasteiger charge is -2.21. The van der Waals surface area contributed by atoms with E-state index in [0.717, 1.165) is 5.75 Å². The van der Waals surface area contributed by atoms with E-state index < -0.39 is 0 Å². The summed E-state index contributed by atoms with van der Waals surface area (Å²) in [6.07, 6.45) is 0.124. The van der Waals surface area contributed by atoms with Crippen LogP contribution in [0.2, 0.25) is 10.0 Å². The summed E-state index contributed by atoms with van der Waals surface area (Å²) in [5.74, 6) is 0.476. The summed E-state index contributed by atoms with van der Waals surface area (Å²) in [4.78, 5) is 23.4. The van der Waals surface area contributed by atoms with E-state index >= 15 is 0 Å². The first kappa shape index (κ1) is 14.5. The monoisotopic (exact) mass is 318 g/mol. The average Bonchev–Trinajstić information content (AvgIpc) is 2.38. The van der Waals surface area contributed by atoms with Crippen molar-refractivity contribution in [2.24, 2.45) is 0 Å². The van der Waals surface area contributed by atoms with Crippen molar-refractivity contribution in [1.29, 1.82) is 0 Å². The third-order valence-electron chi connectivity index (χ3n) is 2.61. The summed E-state index contributed by atoms with van der Waals surface area (Å²) in [5, 5.41) is 5.75. The standard InChI is InChI=1S/C12H12Cl2N2O2S/c13-7-2-1-3-8(11(7)14)16-10(17)6-9-12(18)15-4-5-19-9/h1-3,9H,4-6H2,(H,15,18)(H,16,17)/t9-/m1/s1. The molecule has 0 aliphatic carbocycles. The van der Waals surface area contributed by atoms with E-state index in [1.54, 1.807) is 18.2 Å². The molecule has 0 unspecified atom stereocenters. The van der Waals surface area contributed by atoms with Crippen molar-refractivity contribution >= 4 is 52.5 Å². The Balaban J connectivity index is 1.97. The molecule has 102 valence electrons. The normalized spacial score (nSPS) is 18.8. The Bertz CT molecular complexity index is 511. The van der Waals surface area contributed by atoms with Gasteiger partial charge in [-0.15, -0.1) is 11.8 Å². The highest BCUT2D eigenvalue weighted by Gasteiger charge is 2.25. The third kappa shape index (κ3) is 3.78. The number of carbonyl (C=O) groups is 2. The van der Waals surface area contributed by atoms with Gasteiger partial charge in [0, 0.05) is 18.7 Å². The molecular formula is C12H12Cl2N2O2S. The molecule has 19 heavy (non-hydrogen) atoms. The highest BCUT2D eigenvalue weighted by atomic mass is 35.5. The highest BCUT2D eigenvalue weighted by Crippen LogP contribution is 2.30. The Hall–Kier alpha value is -0.910. The van der Waals surface area contributed by atoms with Gasteiger partial charge in [-0.2, -0.15) is 0 Å². The molecule has 1 atom stereocenters. The van der Waals surface area contributed by atoms with Gasteiger partial charge in [-0.1, -0.05) is 29.3 Å². The van der Waals surface area contributed by atoms with Gasteiger partial charge in [-0.05, 0) is 12.1 Å². The fraction of sp³-hybridized carbons (Fsp3) is 0.333. The van der Waals surface area contributed by atoms with Crippen molar-refractivity contribution in [2.45, 2.75) is 11.7 Å². The fourth-order valence-corrected chi connectivity index (χ4v) is 3.04. The minimum atomic E-state index is -0.341. The predicted molar refractivity (Wildman–Crippen MR) is 79.0 cm³/mol. The van der Waals surface area contributed by atoms with E-state index in [4.69, 9.17) is 23.2 Å². The molecule has 1 heterocycles. The topological polar surface area (TPSA) is 58.2 Å². The van der Waals surface area contributed by atoms with Gasteiger partial charge >= 0.3 is 0 Å². The van der Waals surface area contributed by atoms with Gasteiger partial charge in [-0.25, -0.2) is 0 Å².